The zero-order valence-electron chi connectivity index (χ0n) is 10.2. The average Bonchev–Trinajstić information content (AvgIpc) is 2.71. The van der Waals surface area contributed by atoms with Crippen LogP contribution in [0.3, 0.4) is 0 Å². The van der Waals surface area contributed by atoms with E-state index in [1.54, 1.807) is 11.7 Å². The molecule has 0 bridgehead atoms. The summed E-state index contributed by atoms with van der Waals surface area (Å²) in [5.74, 6) is 0. The molecule has 0 spiro atoms. The topological polar surface area (TPSA) is 77.6 Å². The molecule has 1 atom stereocenters. The Morgan fingerprint density at radius 3 is 3.00 bits per heavy atom. The third kappa shape index (κ3) is 2.19. The maximum Gasteiger partial charge on any atom is 0.280 e. The number of nitrogens with one attached hydrogen (secondary N) is 1. The summed E-state index contributed by atoms with van der Waals surface area (Å²) in [7, 11) is 3.63. The maximum atomic E-state index is 12.0. The van der Waals surface area contributed by atoms with Gasteiger partial charge in [0.2, 0.25) is 0 Å². The van der Waals surface area contributed by atoms with Crippen molar-refractivity contribution in [3.05, 3.63) is 16.6 Å². The molecule has 0 aliphatic rings. The van der Waals surface area contributed by atoms with E-state index in [2.05, 4.69) is 27.7 Å². The molecule has 0 aromatic carbocycles. The molecule has 92 valence electrons. The van der Waals surface area contributed by atoms with Crippen LogP contribution >= 0.6 is 0 Å². The molecule has 7 heteroatoms. The number of aryl methyl sites for hydroxylation is 2. The number of aromatic nitrogens is 5. The highest BCUT2D eigenvalue weighted by Crippen LogP contribution is 2.02. The van der Waals surface area contributed by atoms with Gasteiger partial charge < -0.3 is 5.32 Å². The number of fused-ring (bicyclic) bond motifs is 1. The molecule has 0 amide bonds. The minimum atomic E-state index is -0.133. The Labute approximate surface area is 98.4 Å². The van der Waals surface area contributed by atoms with Crippen molar-refractivity contribution in [1.82, 2.24) is 30.1 Å². The standard InChI is InChI=1S/C10H16N6O/c1-7(11-2)4-5-16-10(17)8-6-12-15(3)9(8)13-14-16/h6-7,11H,4-5H2,1-3H3. The van der Waals surface area contributed by atoms with E-state index < -0.39 is 0 Å². The summed E-state index contributed by atoms with van der Waals surface area (Å²) < 4.78 is 2.93. The molecule has 0 aliphatic carbocycles. The van der Waals surface area contributed by atoms with Crippen molar-refractivity contribution < 1.29 is 0 Å². The third-order valence-electron chi connectivity index (χ3n) is 2.89. The number of nitrogens with zero attached hydrogens (tertiary/aromatic N) is 5. The summed E-state index contributed by atoms with van der Waals surface area (Å²) in [4.78, 5) is 12.0. The SMILES string of the molecule is CNC(C)CCn1nnc2c(cnn2C)c1=O. The molecule has 0 saturated heterocycles. The van der Waals surface area contributed by atoms with Crippen molar-refractivity contribution in [1.29, 1.82) is 0 Å². The quantitative estimate of drug-likeness (QED) is 0.776. The van der Waals surface area contributed by atoms with Crippen LogP contribution in [-0.4, -0.2) is 37.9 Å². The maximum absolute atomic E-state index is 12.0. The molecule has 17 heavy (non-hydrogen) atoms. The van der Waals surface area contributed by atoms with Crippen LogP contribution < -0.4 is 10.9 Å². The highest BCUT2D eigenvalue weighted by Gasteiger charge is 2.09. The van der Waals surface area contributed by atoms with E-state index in [-0.39, 0.29) is 5.56 Å². The molecule has 2 aromatic heterocycles. The molecule has 1 unspecified atom stereocenters. The largest absolute Gasteiger partial charge is 0.317 e. The van der Waals surface area contributed by atoms with Gasteiger partial charge in [-0.2, -0.15) is 5.10 Å². The number of rotatable bonds is 4. The lowest BCUT2D eigenvalue weighted by molar-refractivity contribution is 0.459. The third-order valence-corrected chi connectivity index (χ3v) is 2.89. The van der Waals surface area contributed by atoms with Gasteiger partial charge in [0.05, 0.1) is 6.20 Å². The van der Waals surface area contributed by atoms with E-state index in [0.717, 1.165) is 6.42 Å². The van der Waals surface area contributed by atoms with Crippen LogP contribution in [0, 0.1) is 0 Å². The van der Waals surface area contributed by atoms with E-state index in [1.165, 1.54) is 10.9 Å². The lowest BCUT2D eigenvalue weighted by atomic mass is 10.2. The summed E-state index contributed by atoms with van der Waals surface area (Å²) >= 11 is 0. The Kier molecular flexibility index (Phi) is 3.19. The fraction of sp³-hybridized carbons (Fsp3) is 0.600. The number of hydrogen-bond acceptors (Lipinski definition) is 5. The van der Waals surface area contributed by atoms with Gasteiger partial charge in [-0.1, -0.05) is 5.21 Å². The summed E-state index contributed by atoms with van der Waals surface area (Å²) in [6.45, 7) is 2.61. The molecular weight excluding hydrogens is 220 g/mol. The summed E-state index contributed by atoms with van der Waals surface area (Å²) in [5, 5.41) is 15.5. The Bertz CT molecular complexity index is 572. The number of hydrogen-bond donors (Lipinski definition) is 1. The van der Waals surface area contributed by atoms with Gasteiger partial charge in [0, 0.05) is 19.6 Å². The summed E-state index contributed by atoms with van der Waals surface area (Å²) in [6, 6.07) is 0.341. The molecule has 0 fully saturated rings. The van der Waals surface area contributed by atoms with Gasteiger partial charge in [-0.15, -0.1) is 5.10 Å². The zero-order valence-corrected chi connectivity index (χ0v) is 10.2. The second-order valence-electron chi connectivity index (χ2n) is 4.10. The monoisotopic (exact) mass is 236 g/mol. The predicted octanol–water partition coefficient (Wildman–Crippen LogP) is -0.477. The van der Waals surface area contributed by atoms with Crippen molar-refractivity contribution in [3.8, 4) is 0 Å². The Morgan fingerprint density at radius 1 is 1.53 bits per heavy atom. The molecule has 0 saturated carbocycles. The van der Waals surface area contributed by atoms with E-state index in [1.807, 2.05) is 7.05 Å². The smallest absolute Gasteiger partial charge is 0.280 e. The Morgan fingerprint density at radius 2 is 2.29 bits per heavy atom. The average molecular weight is 236 g/mol. The van der Waals surface area contributed by atoms with Crippen molar-refractivity contribution in [2.45, 2.75) is 25.9 Å². The van der Waals surface area contributed by atoms with Crippen molar-refractivity contribution >= 4 is 11.0 Å². The van der Waals surface area contributed by atoms with Crippen molar-refractivity contribution in [2.75, 3.05) is 7.05 Å². The van der Waals surface area contributed by atoms with Gasteiger partial charge in [-0.25, -0.2) is 9.36 Å². The van der Waals surface area contributed by atoms with Crippen LogP contribution in [0.2, 0.25) is 0 Å². The Hall–Kier alpha value is -1.76. The normalized spacial score (nSPS) is 13.1. The first-order valence-corrected chi connectivity index (χ1v) is 5.56. The van der Waals surface area contributed by atoms with Crippen LogP contribution in [-0.2, 0) is 13.6 Å². The van der Waals surface area contributed by atoms with Gasteiger partial charge in [-0.3, -0.25) is 4.79 Å². The van der Waals surface area contributed by atoms with Crippen LogP contribution in [0.5, 0.6) is 0 Å². The Balaban J connectivity index is 2.30. The van der Waals surface area contributed by atoms with Crippen LogP contribution in [0.4, 0.5) is 0 Å². The highest BCUT2D eigenvalue weighted by molar-refractivity contribution is 5.72. The van der Waals surface area contributed by atoms with Gasteiger partial charge in [-0.05, 0) is 20.4 Å². The molecule has 7 nitrogen and oxygen atoms in total. The fourth-order valence-electron chi connectivity index (χ4n) is 1.58. The first kappa shape index (κ1) is 11.7. The first-order valence-electron chi connectivity index (χ1n) is 5.56. The molecule has 0 radical (unpaired) electrons. The van der Waals surface area contributed by atoms with Gasteiger partial charge >= 0.3 is 0 Å². The van der Waals surface area contributed by atoms with E-state index in [9.17, 15) is 4.79 Å². The van der Waals surface area contributed by atoms with Gasteiger partial charge in [0.1, 0.15) is 5.39 Å². The molecule has 2 aromatic rings. The minimum absolute atomic E-state index is 0.133. The molecule has 2 rings (SSSR count). The predicted molar refractivity (Wildman–Crippen MR) is 63.7 cm³/mol. The molecule has 2 heterocycles. The van der Waals surface area contributed by atoms with Crippen LogP contribution in [0.25, 0.3) is 11.0 Å². The first-order chi connectivity index (χ1) is 8.13. The van der Waals surface area contributed by atoms with E-state index in [4.69, 9.17) is 0 Å². The van der Waals surface area contributed by atoms with Crippen LogP contribution in [0.1, 0.15) is 13.3 Å². The van der Waals surface area contributed by atoms with Crippen LogP contribution in [0.15, 0.2) is 11.0 Å². The fourth-order valence-corrected chi connectivity index (χ4v) is 1.58. The van der Waals surface area contributed by atoms with Crippen molar-refractivity contribution in [2.24, 2.45) is 7.05 Å². The highest BCUT2D eigenvalue weighted by atomic mass is 16.1. The van der Waals surface area contributed by atoms with Gasteiger partial charge in [0.15, 0.2) is 5.65 Å². The second-order valence-corrected chi connectivity index (χ2v) is 4.10. The summed E-state index contributed by atoms with van der Waals surface area (Å²) in [6.07, 6.45) is 2.36. The van der Waals surface area contributed by atoms with E-state index in [0.29, 0.717) is 23.6 Å². The van der Waals surface area contributed by atoms with E-state index >= 15 is 0 Å². The second kappa shape index (κ2) is 4.62. The molecule has 1 N–H and O–H groups in total. The van der Waals surface area contributed by atoms with Gasteiger partial charge in [0.25, 0.3) is 5.56 Å². The zero-order chi connectivity index (χ0) is 12.4. The van der Waals surface area contributed by atoms with Crippen molar-refractivity contribution in [3.63, 3.8) is 0 Å². The minimum Gasteiger partial charge on any atom is -0.317 e. The summed E-state index contributed by atoms with van der Waals surface area (Å²) in [5.41, 5.74) is 0.388. The molecular formula is C10H16N6O. The molecule has 0 aliphatic heterocycles. The lowest BCUT2D eigenvalue weighted by Crippen LogP contribution is -2.29. The lowest BCUT2D eigenvalue weighted by Gasteiger charge is -2.09.